The van der Waals surface area contributed by atoms with Crippen LogP contribution in [0.25, 0.3) is 0 Å². The molecule has 0 bridgehead atoms. The van der Waals surface area contributed by atoms with Crippen molar-refractivity contribution in [1.82, 2.24) is 5.32 Å². The Bertz CT molecular complexity index is 749. The molecule has 1 amide bonds. The Morgan fingerprint density at radius 3 is 2.48 bits per heavy atom. The van der Waals surface area contributed by atoms with Gasteiger partial charge in [-0.25, -0.2) is 0 Å². The molecular formula is C19H21NO4S. The van der Waals surface area contributed by atoms with Crippen molar-refractivity contribution in [2.45, 2.75) is 26.7 Å². The molecule has 1 N–H and O–H groups in total. The second kappa shape index (κ2) is 9.13. The lowest BCUT2D eigenvalue weighted by molar-refractivity contribution is -0.141. The van der Waals surface area contributed by atoms with E-state index < -0.39 is 5.97 Å². The maximum Gasteiger partial charge on any atom is 0.310 e. The highest BCUT2D eigenvalue weighted by Crippen LogP contribution is 2.17. The predicted molar refractivity (Wildman–Crippen MR) is 96.9 cm³/mol. The van der Waals surface area contributed by atoms with Crippen LogP contribution in [0, 0.1) is 6.92 Å². The van der Waals surface area contributed by atoms with Gasteiger partial charge >= 0.3 is 5.97 Å². The fraction of sp³-hybridized carbons (Fsp3) is 0.316. The zero-order valence-electron chi connectivity index (χ0n) is 14.3. The molecule has 0 spiro atoms. The first kappa shape index (κ1) is 18.9. The molecule has 0 saturated heterocycles. The van der Waals surface area contributed by atoms with Gasteiger partial charge in [0, 0.05) is 18.3 Å². The molecule has 0 radical (unpaired) electrons. The molecule has 132 valence electrons. The third-order valence-electron chi connectivity index (χ3n) is 3.52. The lowest BCUT2D eigenvalue weighted by Crippen LogP contribution is -2.22. The molecule has 6 heteroatoms. The van der Waals surface area contributed by atoms with Crippen molar-refractivity contribution in [3.8, 4) is 0 Å². The Hall–Kier alpha value is -2.47. The van der Waals surface area contributed by atoms with E-state index in [9.17, 15) is 14.4 Å². The van der Waals surface area contributed by atoms with Crippen molar-refractivity contribution >= 4 is 29.0 Å². The van der Waals surface area contributed by atoms with Crippen LogP contribution < -0.4 is 5.32 Å². The first-order valence-corrected chi connectivity index (χ1v) is 8.83. The fourth-order valence-electron chi connectivity index (χ4n) is 2.16. The van der Waals surface area contributed by atoms with E-state index >= 15 is 0 Å². The third-order valence-corrected chi connectivity index (χ3v) is 4.70. The van der Waals surface area contributed by atoms with Gasteiger partial charge in [-0.2, -0.15) is 0 Å². The molecule has 0 aliphatic rings. The summed E-state index contributed by atoms with van der Waals surface area (Å²) in [5.74, 6) is -0.707. The van der Waals surface area contributed by atoms with Crippen LogP contribution in [-0.4, -0.2) is 30.8 Å². The van der Waals surface area contributed by atoms with Crippen LogP contribution in [-0.2, 0) is 27.2 Å². The summed E-state index contributed by atoms with van der Waals surface area (Å²) in [5, 5.41) is 2.71. The summed E-state index contributed by atoms with van der Waals surface area (Å²) < 4.78 is 5.08. The summed E-state index contributed by atoms with van der Waals surface area (Å²) >= 11 is 1.36. The van der Waals surface area contributed by atoms with Gasteiger partial charge in [-0.3, -0.25) is 14.4 Å². The first-order chi connectivity index (χ1) is 11.9. The van der Waals surface area contributed by atoms with Crippen molar-refractivity contribution in [2.24, 2.45) is 0 Å². The first-order valence-electron chi connectivity index (χ1n) is 8.01. The number of ether oxygens (including phenoxy) is 1. The molecule has 0 unspecified atom stereocenters. The van der Waals surface area contributed by atoms with Gasteiger partial charge in [0.05, 0.1) is 11.3 Å². The lowest BCUT2D eigenvalue weighted by Gasteiger charge is -2.04. The number of carbonyl (C=O) groups excluding carboxylic acids is 3. The van der Waals surface area contributed by atoms with E-state index in [1.165, 1.54) is 18.3 Å². The summed E-state index contributed by atoms with van der Waals surface area (Å²) in [6.45, 7) is 3.73. The molecule has 1 heterocycles. The van der Waals surface area contributed by atoms with Gasteiger partial charge in [0.15, 0.2) is 6.61 Å². The number of benzene rings is 1. The van der Waals surface area contributed by atoms with E-state index in [2.05, 4.69) is 5.32 Å². The Labute approximate surface area is 151 Å². The smallest absolute Gasteiger partial charge is 0.310 e. The highest BCUT2D eigenvalue weighted by Gasteiger charge is 2.13. The number of amides is 1. The van der Waals surface area contributed by atoms with Crippen molar-refractivity contribution in [3.63, 3.8) is 0 Å². The summed E-state index contributed by atoms with van der Waals surface area (Å²) in [6.07, 6.45) is 0.824. The SMILES string of the molecule is CC(=O)NCCc1ccc(C(=O)COC(=O)Cc2ccc(C)cc2)s1. The van der Waals surface area contributed by atoms with Crippen LogP contribution in [0.3, 0.4) is 0 Å². The standard InChI is InChI=1S/C19H21NO4S/c1-13-3-5-15(6-4-13)11-19(23)24-12-17(22)18-8-7-16(25-18)9-10-20-14(2)21/h3-8H,9-12H2,1-2H3,(H,20,21). The average Bonchev–Trinajstić information content (AvgIpc) is 3.03. The van der Waals surface area contributed by atoms with E-state index in [1.54, 1.807) is 6.07 Å². The van der Waals surface area contributed by atoms with Gasteiger partial charge in [-0.1, -0.05) is 29.8 Å². The number of nitrogens with one attached hydrogen (secondary N) is 1. The number of Topliss-reactive ketones (excluding diaryl/α,β-unsaturated/α-hetero) is 1. The third kappa shape index (κ3) is 6.51. The fourth-order valence-corrected chi connectivity index (χ4v) is 3.10. The number of ketones is 1. The molecule has 2 rings (SSSR count). The zero-order chi connectivity index (χ0) is 18.2. The van der Waals surface area contributed by atoms with Crippen molar-refractivity contribution in [1.29, 1.82) is 0 Å². The number of carbonyl (C=O) groups is 3. The minimum absolute atomic E-state index is 0.0756. The van der Waals surface area contributed by atoms with E-state index in [4.69, 9.17) is 4.74 Å². The van der Waals surface area contributed by atoms with Crippen LogP contribution in [0.4, 0.5) is 0 Å². The van der Waals surface area contributed by atoms with E-state index in [-0.39, 0.29) is 24.7 Å². The molecule has 2 aromatic rings. The molecule has 1 aromatic carbocycles. The number of aryl methyl sites for hydroxylation is 1. The Balaban J connectivity index is 1.77. The maximum atomic E-state index is 12.1. The predicted octanol–water partition coefficient (Wildman–Crippen LogP) is 2.70. The van der Waals surface area contributed by atoms with Gasteiger partial charge in [-0.15, -0.1) is 11.3 Å². The molecule has 1 aromatic heterocycles. The van der Waals surface area contributed by atoms with Gasteiger partial charge < -0.3 is 10.1 Å². The molecule has 25 heavy (non-hydrogen) atoms. The van der Waals surface area contributed by atoms with Gasteiger partial charge in [-0.05, 0) is 31.0 Å². The highest BCUT2D eigenvalue weighted by molar-refractivity contribution is 7.14. The maximum absolute atomic E-state index is 12.1. The normalized spacial score (nSPS) is 10.3. The summed E-state index contributed by atoms with van der Waals surface area (Å²) in [4.78, 5) is 36.3. The van der Waals surface area contributed by atoms with Crippen LogP contribution in [0.2, 0.25) is 0 Å². The zero-order valence-corrected chi connectivity index (χ0v) is 15.2. The molecule has 5 nitrogen and oxygen atoms in total. The van der Waals surface area contributed by atoms with Gasteiger partial charge in [0.2, 0.25) is 11.7 Å². The lowest BCUT2D eigenvalue weighted by atomic mass is 10.1. The number of thiophene rings is 1. The van der Waals surface area contributed by atoms with E-state index in [1.807, 2.05) is 37.3 Å². The second-order valence-corrected chi connectivity index (χ2v) is 6.91. The van der Waals surface area contributed by atoms with Crippen LogP contribution in [0.5, 0.6) is 0 Å². The van der Waals surface area contributed by atoms with E-state index in [0.717, 1.165) is 16.0 Å². The number of rotatable bonds is 8. The molecular weight excluding hydrogens is 338 g/mol. The largest absolute Gasteiger partial charge is 0.457 e. The molecule has 0 atom stereocenters. The minimum Gasteiger partial charge on any atom is -0.457 e. The number of hydrogen-bond acceptors (Lipinski definition) is 5. The highest BCUT2D eigenvalue weighted by atomic mass is 32.1. The van der Waals surface area contributed by atoms with Crippen LogP contribution in [0.1, 0.15) is 32.6 Å². The van der Waals surface area contributed by atoms with Crippen molar-refractivity contribution in [2.75, 3.05) is 13.2 Å². The summed E-state index contributed by atoms with van der Waals surface area (Å²) in [6, 6.07) is 11.2. The minimum atomic E-state index is -0.417. The van der Waals surface area contributed by atoms with E-state index in [0.29, 0.717) is 17.8 Å². The van der Waals surface area contributed by atoms with Crippen LogP contribution >= 0.6 is 11.3 Å². The van der Waals surface area contributed by atoms with Gasteiger partial charge in [0.1, 0.15) is 0 Å². The topological polar surface area (TPSA) is 72.5 Å². The van der Waals surface area contributed by atoms with Crippen molar-refractivity contribution in [3.05, 3.63) is 57.3 Å². The Morgan fingerprint density at radius 2 is 1.80 bits per heavy atom. The molecule has 0 saturated carbocycles. The monoisotopic (exact) mass is 359 g/mol. The number of hydrogen-bond donors (Lipinski definition) is 1. The molecule has 0 aliphatic carbocycles. The van der Waals surface area contributed by atoms with Gasteiger partial charge in [0.25, 0.3) is 0 Å². The van der Waals surface area contributed by atoms with Crippen LogP contribution in [0.15, 0.2) is 36.4 Å². The summed E-state index contributed by atoms with van der Waals surface area (Å²) in [5.41, 5.74) is 1.98. The summed E-state index contributed by atoms with van der Waals surface area (Å²) in [7, 11) is 0. The second-order valence-electron chi connectivity index (χ2n) is 5.75. The quantitative estimate of drug-likeness (QED) is 0.581. The Kier molecular flexibility index (Phi) is 6.89. The van der Waals surface area contributed by atoms with Crippen molar-refractivity contribution < 1.29 is 19.1 Å². The average molecular weight is 359 g/mol. The molecule has 0 fully saturated rings. The molecule has 0 aliphatic heterocycles. The Morgan fingerprint density at radius 1 is 1.08 bits per heavy atom. The number of esters is 1.